The molecule has 1 atom stereocenters. The summed E-state index contributed by atoms with van der Waals surface area (Å²) in [6.45, 7) is 7.12. The molecule has 1 N–H and O–H groups in total. The zero-order valence-corrected chi connectivity index (χ0v) is 16.8. The van der Waals surface area contributed by atoms with Crippen LogP contribution in [0.3, 0.4) is 0 Å². The van der Waals surface area contributed by atoms with Crippen molar-refractivity contribution in [1.82, 2.24) is 10.2 Å². The van der Waals surface area contributed by atoms with Gasteiger partial charge in [-0.2, -0.15) is 13.2 Å². The summed E-state index contributed by atoms with van der Waals surface area (Å²) in [5.74, 6) is 0.791. The summed E-state index contributed by atoms with van der Waals surface area (Å²) < 4.78 is 44.4. The minimum absolute atomic E-state index is 0. The molecule has 1 aromatic rings. The third kappa shape index (κ3) is 6.32. The van der Waals surface area contributed by atoms with Gasteiger partial charge in [0, 0.05) is 19.6 Å². The Bertz CT molecular complexity index is 566. The molecular weight excluding hydrogens is 446 g/mol. The van der Waals surface area contributed by atoms with Gasteiger partial charge in [0.05, 0.1) is 18.7 Å². The van der Waals surface area contributed by atoms with Crippen LogP contribution in [-0.2, 0) is 10.9 Å². The molecule has 0 bridgehead atoms. The van der Waals surface area contributed by atoms with Crippen molar-refractivity contribution in [3.05, 3.63) is 35.4 Å². The van der Waals surface area contributed by atoms with Crippen LogP contribution in [0.25, 0.3) is 0 Å². The number of ether oxygens (including phenoxy) is 1. The maximum atomic E-state index is 12.9. The molecule has 8 heteroatoms. The monoisotopic (exact) mass is 471 g/mol. The predicted molar refractivity (Wildman–Crippen MR) is 103 cm³/mol. The largest absolute Gasteiger partial charge is 0.416 e. The van der Waals surface area contributed by atoms with Gasteiger partial charge in [-0.15, -0.1) is 24.0 Å². The van der Waals surface area contributed by atoms with Crippen molar-refractivity contribution >= 4 is 29.9 Å². The lowest BCUT2D eigenvalue weighted by Gasteiger charge is -2.35. The Morgan fingerprint density at radius 2 is 2.12 bits per heavy atom. The maximum Gasteiger partial charge on any atom is 0.416 e. The third-order valence-corrected chi connectivity index (χ3v) is 3.77. The summed E-state index contributed by atoms with van der Waals surface area (Å²) in [5.41, 5.74) is -0.104. The summed E-state index contributed by atoms with van der Waals surface area (Å²) in [6, 6.07) is 5.36. The SMILES string of the molecule is CCCN=C(NCC)N1CCOC(c2cccc(C(F)(F)F)c2)C1.I. The van der Waals surface area contributed by atoms with Gasteiger partial charge in [-0.3, -0.25) is 4.99 Å². The standard InChI is InChI=1S/C17H24F3N3O.HI/c1-3-8-22-16(21-4-2)23-9-10-24-15(12-23)13-6-5-7-14(11-13)17(18,19)20;/h5-7,11,15H,3-4,8-10,12H2,1-2H3,(H,21,22);1H. The van der Waals surface area contributed by atoms with Crippen molar-refractivity contribution in [1.29, 1.82) is 0 Å². The second-order valence-electron chi connectivity index (χ2n) is 5.66. The average Bonchev–Trinajstić information content (AvgIpc) is 2.58. The molecule has 0 spiro atoms. The molecule has 1 saturated heterocycles. The highest BCUT2D eigenvalue weighted by atomic mass is 127. The van der Waals surface area contributed by atoms with Gasteiger partial charge in [0.1, 0.15) is 6.10 Å². The molecule has 1 aromatic carbocycles. The van der Waals surface area contributed by atoms with Gasteiger partial charge in [0.15, 0.2) is 5.96 Å². The summed E-state index contributed by atoms with van der Waals surface area (Å²) in [7, 11) is 0. The number of rotatable bonds is 4. The zero-order valence-electron chi connectivity index (χ0n) is 14.5. The molecule has 0 aliphatic carbocycles. The van der Waals surface area contributed by atoms with E-state index in [1.165, 1.54) is 12.1 Å². The number of hydrogen-bond acceptors (Lipinski definition) is 2. The topological polar surface area (TPSA) is 36.9 Å². The van der Waals surface area contributed by atoms with Crippen molar-refractivity contribution in [2.75, 3.05) is 32.8 Å². The van der Waals surface area contributed by atoms with E-state index in [2.05, 4.69) is 17.2 Å². The Balaban J connectivity index is 0.00000312. The van der Waals surface area contributed by atoms with Crippen LogP contribution in [0.4, 0.5) is 13.2 Å². The van der Waals surface area contributed by atoms with Crippen LogP contribution in [0.5, 0.6) is 0 Å². The number of alkyl halides is 3. The van der Waals surface area contributed by atoms with E-state index in [-0.39, 0.29) is 24.0 Å². The van der Waals surface area contributed by atoms with Crippen LogP contribution >= 0.6 is 24.0 Å². The molecule has 0 amide bonds. The lowest BCUT2D eigenvalue weighted by molar-refractivity contribution is -0.137. The Hall–Kier alpha value is -1.03. The minimum Gasteiger partial charge on any atom is -0.370 e. The number of halogens is 4. The molecule has 4 nitrogen and oxygen atoms in total. The van der Waals surface area contributed by atoms with Crippen LogP contribution < -0.4 is 5.32 Å². The van der Waals surface area contributed by atoms with E-state index in [0.29, 0.717) is 31.8 Å². The van der Waals surface area contributed by atoms with Crippen molar-refractivity contribution in [3.63, 3.8) is 0 Å². The van der Waals surface area contributed by atoms with E-state index in [4.69, 9.17) is 4.74 Å². The van der Waals surface area contributed by atoms with Gasteiger partial charge in [0.2, 0.25) is 0 Å². The van der Waals surface area contributed by atoms with Gasteiger partial charge in [-0.25, -0.2) is 0 Å². The number of nitrogens with zero attached hydrogens (tertiary/aromatic N) is 2. The molecule has 1 fully saturated rings. The number of hydrogen-bond donors (Lipinski definition) is 1. The Kier molecular flexibility index (Phi) is 8.98. The molecule has 0 saturated carbocycles. The first kappa shape index (κ1) is 22.0. The van der Waals surface area contributed by atoms with E-state index < -0.39 is 17.8 Å². The molecule has 25 heavy (non-hydrogen) atoms. The zero-order chi connectivity index (χ0) is 17.6. The summed E-state index contributed by atoms with van der Waals surface area (Å²) >= 11 is 0. The highest BCUT2D eigenvalue weighted by Gasteiger charge is 2.32. The van der Waals surface area contributed by atoms with Gasteiger partial charge >= 0.3 is 6.18 Å². The van der Waals surface area contributed by atoms with Crippen molar-refractivity contribution in [3.8, 4) is 0 Å². The Labute approximate surface area is 163 Å². The fourth-order valence-corrected chi connectivity index (χ4v) is 2.60. The van der Waals surface area contributed by atoms with E-state index in [1.54, 1.807) is 6.07 Å². The van der Waals surface area contributed by atoms with E-state index in [1.807, 2.05) is 11.8 Å². The summed E-state index contributed by atoms with van der Waals surface area (Å²) in [5, 5.41) is 3.24. The molecule has 2 rings (SSSR count). The summed E-state index contributed by atoms with van der Waals surface area (Å²) in [4.78, 5) is 6.59. The Morgan fingerprint density at radius 1 is 1.36 bits per heavy atom. The second kappa shape index (κ2) is 10.2. The van der Waals surface area contributed by atoms with Crippen LogP contribution in [0, 0.1) is 0 Å². The van der Waals surface area contributed by atoms with Crippen molar-refractivity contribution in [2.45, 2.75) is 32.5 Å². The van der Waals surface area contributed by atoms with Crippen LogP contribution in [-0.4, -0.2) is 43.6 Å². The first-order valence-electron chi connectivity index (χ1n) is 8.27. The van der Waals surface area contributed by atoms with Gasteiger partial charge < -0.3 is 15.0 Å². The maximum absolute atomic E-state index is 12.9. The average molecular weight is 471 g/mol. The van der Waals surface area contributed by atoms with Crippen molar-refractivity contribution < 1.29 is 17.9 Å². The number of benzene rings is 1. The van der Waals surface area contributed by atoms with Crippen LogP contribution in [0.15, 0.2) is 29.3 Å². The normalized spacial score (nSPS) is 18.7. The highest BCUT2D eigenvalue weighted by molar-refractivity contribution is 14.0. The fraction of sp³-hybridized carbons (Fsp3) is 0.588. The molecule has 142 valence electrons. The molecule has 0 radical (unpaired) electrons. The van der Waals surface area contributed by atoms with E-state index in [0.717, 1.165) is 25.0 Å². The molecule has 0 aromatic heterocycles. The van der Waals surface area contributed by atoms with E-state index >= 15 is 0 Å². The first-order chi connectivity index (χ1) is 11.5. The van der Waals surface area contributed by atoms with Gasteiger partial charge in [-0.05, 0) is 31.0 Å². The fourth-order valence-electron chi connectivity index (χ4n) is 2.60. The lowest BCUT2D eigenvalue weighted by Crippen LogP contribution is -2.48. The Morgan fingerprint density at radius 3 is 2.76 bits per heavy atom. The third-order valence-electron chi connectivity index (χ3n) is 3.77. The van der Waals surface area contributed by atoms with Gasteiger partial charge in [-0.1, -0.05) is 19.1 Å². The molecule has 1 aliphatic rings. The van der Waals surface area contributed by atoms with Crippen molar-refractivity contribution in [2.24, 2.45) is 4.99 Å². The minimum atomic E-state index is -4.35. The highest BCUT2D eigenvalue weighted by Crippen LogP contribution is 2.32. The molecule has 1 heterocycles. The number of nitrogens with one attached hydrogen (secondary N) is 1. The van der Waals surface area contributed by atoms with Gasteiger partial charge in [0.25, 0.3) is 0 Å². The molecule has 1 unspecified atom stereocenters. The smallest absolute Gasteiger partial charge is 0.370 e. The van der Waals surface area contributed by atoms with E-state index in [9.17, 15) is 13.2 Å². The van der Waals surface area contributed by atoms with Crippen LogP contribution in [0.2, 0.25) is 0 Å². The van der Waals surface area contributed by atoms with Crippen LogP contribution in [0.1, 0.15) is 37.5 Å². The number of aliphatic imine (C=N–C) groups is 1. The predicted octanol–water partition coefficient (Wildman–Crippen LogP) is 4.07. The quantitative estimate of drug-likeness (QED) is 0.409. The molecule has 1 aliphatic heterocycles. The number of morpholine rings is 1. The lowest BCUT2D eigenvalue weighted by atomic mass is 10.0. The number of guanidine groups is 1. The summed E-state index contributed by atoms with van der Waals surface area (Å²) in [6.07, 6.45) is -3.80. The first-order valence-corrected chi connectivity index (χ1v) is 8.27. The molecular formula is C17H25F3IN3O. The second-order valence-corrected chi connectivity index (χ2v) is 5.66.